The van der Waals surface area contributed by atoms with Crippen molar-refractivity contribution >= 4 is 0 Å². The highest BCUT2D eigenvalue weighted by atomic mass is 15.3. The van der Waals surface area contributed by atoms with Crippen molar-refractivity contribution in [2.24, 2.45) is 12.8 Å². The van der Waals surface area contributed by atoms with Crippen molar-refractivity contribution in [3.8, 4) is 0 Å². The van der Waals surface area contributed by atoms with Gasteiger partial charge in [-0.2, -0.15) is 5.10 Å². The summed E-state index contributed by atoms with van der Waals surface area (Å²) in [4.78, 5) is 0. The summed E-state index contributed by atoms with van der Waals surface area (Å²) in [5.41, 5.74) is 7.40. The van der Waals surface area contributed by atoms with Crippen LogP contribution in [-0.4, -0.2) is 15.8 Å². The van der Waals surface area contributed by atoms with E-state index in [-0.39, 0.29) is 0 Å². The highest BCUT2D eigenvalue weighted by Crippen LogP contribution is 2.31. The molecule has 13 heavy (non-hydrogen) atoms. The van der Waals surface area contributed by atoms with Gasteiger partial charge in [0, 0.05) is 30.9 Å². The van der Waals surface area contributed by atoms with Gasteiger partial charge in [-0.05, 0) is 18.9 Å². The maximum atomic E-state index is 6.10. The van der Waals surface area contributed by atoms with Gasteiger partial charge < -0.3 is 5.73 Å². The van der Waals surface area contributed by atoms with Crippen molar-refractivity contribution in [1.82, 2.24) is 9.78 Å². The Morgan fingerprint density at radius 1 is 1.46 bits per heavy atom. The average Bonchev–Trinajstić information content (AvgIpc) is 2.52. The molecule has 72 valence electrons. The molecule has 0 bridgehead atoms. The van der Waals surface area contributed by atoms with Crippen LogP contribution in [0.2, 0.25) is 0 Å². The number of aryl methyl sites for hydroxylation is 1. The molecule has 0 aromatic carbocycles. The Morgan fingerprint density at radius 2 is 2.23 bits per heavy atom. The van der Waals surface area contributed by atoms with E-state index < -0.39 is 0 Å². The van der Waals surface area contributed by atoms with Crippen LogP contribution in [0.4, 0.5) is 0 Å². The second kappa shape index (κ2) is 3.50. The fraction of sp³-hybridized carbons (Fsp3) is 0.700. The van der Waals surface area contributed by atoms with Crippen molar-refractivity contribution in [1.29, 1.82) is 0 Å². The van der Waals surface area contributed by atoms with E-state index >= 15 is 0 Å². The lowest BCUT2D eigenvalue weighted by atomic mass is 9.83. The van der Waals surface area contributed by atoms with Gasteiger partial charge in [-0.25, -0.2) is 0 Å². The van der Waals surface area contributed by atoms with Crippen molar-refractivity contribution in [2.45, 2.75) is 37.6 Å². The van der Waals surface area contributed by atoms with Crippen LogP contribution < -0.4 is 5.73 Å². The van der Waals surface area contributed by atoms with Gasteiger partial charge in [0.25, 0.3) is 0 Å². The number of nitrogens with zero attached hydrogens (tertiary/aromatic N) is 2. The molecule has 1 fully saturated rings. The van der Waals surface area contributed by atoms with Gasteiger partial charge in [-0.15, -0.1) is 0 Å². The average molecular weight is 179 g/mol. The lowest BCUT2D eigenvalue weighted by Crippen LogP contribution is -2.32. The van der Waals surface area contributed by atoms with Crippen LogP contribution >= 0.6 is 0 Å². The molecule has 0 spiro atoms. The first kappa shape index (κ1) is 8.75. The summed E-state index contributed by atoms with van der Waals surface area (Å²) in [7, 11) is 2.00. The van der Waals surface area contributed by atoms with Crippen LogP contribution in [-0.2, 0) is 7.05 Å². The third-order valence-corrected chi connectivity index (χ3v) is 3.06. The second-order valence-corrected chi connectivity index (χ2v) is 3.93. The molecule has 2 atom stereocenters. The van der Waals surface area contributed by atoms with Crippen molar-refractivity contribution in [3.63, 3.8) is 0 Å². The maximum Gasteiger partial charge on any atom is 0.0492 e. The molecule has 3 nitrogen and oxygen atoms in total. The number of hydrogen-bond donors (Lipinski definition) is 1. The van der Waals surface area contributed by atoms with Gasteiger partial charge in [0.2, 0.25) is 0 Å². The lowest BCUT2D eigenvalue weighted by Gasteiger charge is -2.28. The third-order valence-electron chi connectivity index (χ3n) is 3.06. The van der Waals surface area contributed by atoms with Crippen LogP contribution in [0.5, 0.6) is 0 Å². The highest BCUT2D eigenvalue weighted by molar-refractivity contribution is 5.11. The quantitative estimate of drug-likeness (QED) is 0.708. The first-order valence-corrected chi connectivity index (χ1v) is 5.02. The molecule has 1 aromatic heterocycles. The largest absolute Gasteiger partial charge is 0.327 e. The Kier molecular flexibility index (Phi) is 2.36. The summed E-state index contributed by atoms with van der Waals surface area (Å²) >= 11 is 0. The fourth-order valence-corrected chi connectivity index (χ4v) is 2.27. The first-order chi connectivity index (χ1) is 6.29. The van der Waals surface area contributed by atoms with Crippen molar-refractivity contribution in [2.75, 3.05) is 0 Å². The fourth-order valence-electron chi connectivity index (χ4n) is 2.27. The number of nitrogens with two attached hydrogens (primary N) is 1. The number of rotatable bonds is 1. The first-order valence-electron chi connectivity index (χ1n) is 5.02. The van der Waals surface area contributed by atoms with Gasteiger partial charge in [0.15, 0.2) is 0 Å². The zero-order chi connectivity index (χ0) is 9.26. The van der Waals surface area contributed by atoms with Crippen LogP contribution in [0.25, 0.3) is 0 Å². The van der Waals surface area contributed by atoms with Gasteiger partial charge in [-0.3, -0.25) is 4.68 Å². The van der Waals surface area contributed by atoms with Gasteiger partial charge in [0.05, 0.1) is 0 Å². The van der Waals surface area contributed by atoms with E-state index in [0.29, 0.717) is 12.0 Å². The van der Waals surface area contributed by atoms with E-state index in [2.05, 4.69) is 11.2 Å². The molecule has 1 saturated carbocycles. The molecule has 0 amide bonds. The van der Waals surface area contributed by atoms with Crippen molar-refractivity contribution in [3.05, 3.63) is 18.0 Å². The number of hydrogen-bond acceptors (Lipinski definition) is 2. The summed E-state index contributed by atoms with van der Waals surface area (Å²) in [6.07, 6.45) is 6.84. The monoisotopic (exact) mass is 179 g/mol. The van der Waals surface area contributed by atoms with Gasteiger partial charge in [-0.1, -0.05) is 12.8 Å². The molecule has 2 N–H and O–H groups in total. The molecule has 1 heterocycles. The van der Waals surface area contributed by atoms with Crippen LogP contribution in [0.1, 0.15) is 37.3 Å². The molecule has 0 unspecified atom stereocenters. The molecular weight excluding hydrogens is 162 g/mol. The zero-order valence-corrected chi connectivity index (χ0v) is 8.11. The van der Waals surface area contributed by atoms with Crippen LogP contribution in [0.3, 0.4) is 0 Å². The van der Waals surface area contributed by atoms with E-state index in [9.17, 15) is 0 Å². The molecule has 0 aliphatic heterocycles. The minimum Gasteiger partial charge on any atom is -0.327 e. The Bertz CT molecular complexity index is 279. The number of aromatic nitrogens is 2. The molecule has 1 aliphatic rings. The van der Waals surface area contributed by atoms with Crippen LogP contribution in [0, 0.1) is 0 Å². The summed E-state index contributed by atoms with van der Waals surface area (Å²) < 4.78 is 1.95. The molecule has 1 aliphatic carbocycles. The predicted molar refractivity (Wildman–Crippen MR) is 52.4 cm³/mol. The Morgan fingerprint density at radius 3 is 2.85 bits per heavy atom. The Hall–Kier alpha value is -0.830. The normalized spacial score (nSPS) is 29.1. The molecular formula is C10H17N3. The SMILES string of the molecule is Cn1nccc1[C@@H]1CCCC[C@@H]1N. The third kappa shape index (κ3) is 1.61. The summed E-state index contributed by atoms with van der Waals surface area (Å²) in [5.74, 6) is 0.529. The van der Waals surface area contributed by atoms with E-state index in [1.54, 1.807) is 0 Å². The van der Waals surface area contributed by atoms with Crippen molar-refractivity contribution < 1.29 is 0 Å². The van der Waals surface area contributed by atoms with E-state index in [0.717, 1.165) is 6.42 Å². The topological polar surface area (TPSA) is 43.8 Å². The van der Waals surface area contributed by atoms with E-state index in [1.807, 2.05) is 17.9 Å². The smallest absolute Gasteiger partial charge is 0.0492 e. The highest BCUT2D eigenvalue weighted by Gasteiger charge is 2.25. The standard InChI is InChI=1S/C10H17N3/c1-13-10(6-7-12-13)8-4-2-3-5-9(8)11/h6-9H,2-5,11H2,1H3/t8-,9+/m1/s1. The summed E-state index contributed by atoms with van der Waals surface area (Å²) in [6.45, 7) is 0. The van der Waals surface area contributed by atoms with E-state index in [1.165, 1.54) is 25.0 Å². The summed E-state index contributed by atoms with van der Waals surface area (Å²) in [5, 5.41) is 4.19. The second-order valence-electron chi connectivity index (χ2n) is 3.93. The maximum absolute atomic E-state index is 6.10. The predicted octanol–water partition coefficient (Wildman–Crippen LogP) is 1.41. The zero-order valence-electron chi connectivity index (χ0n) is 8.11. The summed E-state index contributed by atoms with van der Waals surface area (Å²) in [6, 6.07) is 2.43. The Balaban J connectivity index is 2.19. The molecule has 0 radical (unpaired) electrons. The lowest BCUT2D eigenvalue weighted by molar-refractivity contribution is 0.370. The minimum absolute atomic E-state index is 0.337. The van der Waals surface area contributed by atoms with E-state index in [4.69, 9.17) is 5.73 Å². The minimum atomic E-state index is 0.337. The Labute approximate surface area is 78.9 Å². The van der Waals surface area contributed by atoms with Gasteiger partial charge >= 0.3 is 0 Å². The molecule has 1 aromatic rings. The molecule has 2 rings (SSSR count). The van der Waals surface area contributed by atoms with Crippen LogP contribution in [0.15, 0.2) is 12.3 Å². The van der Waals surface area contributed by atoms with Gasteiger partial charge in [0.1, 0.15) is 0 Å². The molecule has 3 heteroatoms. The molecule has 0 saturated heterocycles.